The minimum absolute atomic E-state index is 0.138. The molecule has 1 rings (SSSR count). The van der Waals surface area contributed by atoms with Crippen LogP contribution in [0.15, 0.2) is 13.6 Å². The number of hydrogen-bond donors (Lipinski definition) is 0. The molecule has 7 heteroatoms. The topological polar surface area (TPSA) is 78.9 Å². The summed E-state index contributed by atoms with van der Waals surface area (Å²) in [7, 11) is 0. The number of alkyl halides is 1. The SMILES string of the molecule is Cc1oc(=O)oc1COC(=O)OC(C)Cl. The van der Waals surface area contributed by atoms with Gasteiger partial charge in [-0.05, 0) is 13.8 Å². The molecular formula is C8H9ClO6. The summed E-state index contributed by atoms with van der Waals surface area (Å²) in [5, 5.41) is 0. The van der Waals surface area contributed by atoms with E-state index in [9.17, 15) is 9.59 Å². The quantitative estimate of drug-likeness (QED) is 0.588. The van der Waals surface area contributed by atoms with Gasteiger partial charge in [-0.3, -0.25) is 0 Å². The molecule has 0 saturated carbocycles. The van der Waals surface area contributed by atoms with Crippen molar-refractivity contribution in [2.45, 2.75) is 26.0 Å². The minimum atomic E-state index is -0.944. The predicted molar refractivity (Wildman–Crippen MR) is 48.6 cm³/mol. The van der Waals surface area contributed by atoms with Crippen molar-refractivity contribution in [3.63, 3.8) is 0 Å². The van der Waals surface area contributed by atoms with Gasteiger partial charge in [-0.25, -0.2) is 9.59 Å². The van der Waals surface area contributed by atoms with E-state index < -0.39 is 17.5 Å². The number of hydrogen-bond acceptors (Lipinski definition) is 6. The van der Waals surface area contributed by atoms with Crippen LogP contribution < -0.4 is 5.82 Å². The summed E-state index contributed by atoms with van der Waals surface area (Å²) in [6.07, 6.45) is -0.944. The van der Waals surface area contributed by atoms with E-state index in [2.05, 4.69) is 18.3 Å². The van der Waals surface area contributed by atoms with Crippen LogP contribution in [0.1, 0.15) is 18.4 Å². The Balaban J connectivity index is 2.47. The minimum Gasteiger partial charge on any atom is -0.426 e. The van der Waals surface area contributed by atoms with Crippen LogP contribution in [0.5, 0.6) is 0 Å². The first kappa shape index (κ1) is 11.6. The standard InChI is InChI=1S/C8H9ClO6/c1-4-6(15-8(11)13-4)3-12-7(10)14-5(2)9/h5H,3H2,1-2H3. The summed E-state index contributed by atoms with van der Waals surface area (Å²) in [6.45, 7) is 2.74. The van der Waals surface area contributed by atoms with E-state index in [1.165, 1.54) is 13.8 Å². The number of carbonyl (C=O) groups excluding carboxylic acids is 1. The average molecular weight is 237 g/mol. The van der Waals surface area contributed by atoms with Gasteiger partial charge in [0, 0.05) is 0 Å². The molecule has 1 aromatic heterocycles. The van der Waals surface area contributed by atoms with E-state index in [4.69, 9.17) is 11.6 Å². The van der Waals surface area contributed by atoms with Crippen LogP contribution >= 0.6 is 11.6 Å². The first-order chi connectivity index (χ1) is 6.99. The van der Waals surface area contributed by atoms with Crippen LogP contribution in [0.2, 0.25) is 0 Å². The van der Waals surface area contributed by atoms with Gasteiger partial charge in [-0.15, -0.1) is 0 Å². The molecule has 0 bridgehead atoms. The van der Waals surface area contributed by atoms with E-state index in [1.54, 1.807) is 0 Å². The fraction of sp³-hybridized carbons (Fsp3) is 0.500. The summed E-state index contributed by atoms with van der Waals surface area (Å²) < 4.78 is 18.2. The van der Waals surface area contributed by atoms with E-state index >= 15 is 0 Å². The Hall–Kier alpha value is -1.43. The molecule has 0 aliphatic heterocycles. The van der Waals surface area contributed by atoms with Crippen LogP contribution in [-0.2, 0) is 16.1 Å². The summed E-state index contributed by atoms with van der Waals surface area (Å²) in [5.41, 5.74) is -0.782. The average Bonchev–Trinajstić information content (AvgIpc) is 2.40. The zero-order chi connectivity index (χ0) is 11.4. The van der Waals surface area contributed by atoms with Gasteiger partial charge in [0.15, 0.2) is 23.7 Å². The van der Waals surface area contributed by atoms with E-state index in [0.717, 1.165) is 0 Å². The molecule has 15 heavy (non-hydrogen) atoms. The fourth-order valence-electron chi connectivity index (χ4n) is 0.797. The lowest BCUT2D eigenvalue weighted by molar-refractivity contribution is 0.0398. The van der Waals surface area contributed by atoms with Crippen LogP contribution in [-0.4, -0.2) is 11.7 Å². The molecule has 0 amide bonds. The Morgan fingerprint density at radius 3 is 2.67 bits per heavy atom. The van der Waals surface area contributed by atoms with Gasteiger partial charge in [0.1, 0.15) is 0 Å². The molecule has 1 atom stereocenters. The zero-order valence-corrected chi connectivity index (χ0v) is 8.87. The van der Waals surface area contributed by atoms with Crippen LogP contribution in [0, 0.1) is 6.92 Å². The van der Waals surface area contributed by atoms with Crippen LogP contribution in [0.25, 0.3) is 0 Å². The maximum atomic E-state index is 10.9. The molecule has 0 fully saturated rings. The lowest BCUT2D eigenvalue weighted by Gasteiger charge is -2.05. The highest BCUT2D eigenvalue weighted by Crippen LogP contribution is 2.07. The summed E-state index contributed by atoms with van der Waals surface area (Å²) >= 11 is 5.37. The van der Waals surface area contributed by atoms with Crippen LogP contribution in [0.4, 0.5) is 4.79 Å². The first-order valence-electron chi connectivity index (χ1n) is 4.06. The third-order valence-corrected chi connectivity index (χ3v) is 1.50. The predicted octanol–water partition coefficient (Wildman–Crippen LogP) is 1.78. The van der Waals surface area contributed by atoms with Crippen molar-refractivity contribution in [1.29, 1.82) is 0 Å². The van der Waals surface area contributed by atoms with E-state index in [1.807, 2.05) is 0 Å². The van der Waals surface area contributed by atoms with E-state index in [-0.39, 0.29) is 18.1 Å². The van der Waals surface area contributed by atoms with Gasteiger partial charge in [0.05, 0.1) is 0 Å². The molecule has 0 aliphatic rings. The largest absolute Gasteiger partial charge is 0.519 e. The lowest BCUT2D eigenvalue weighted by Crippen LogP contribution is -2.11. The number of rotatable bonds is 3. The third-order valence-electron chi connectivity index (χ3n) is 1.42. The second-order valence-electron chi connectivity index (χ2n) is 2.63. The molecule has 1 heterocycles. The zero-order valence-electron chi connectivity index (χ0n) is 8.11. The molecule has 6 nitrogen and oxygen atoms in total. The lowest BCUT2D eigenvalue weighted by atomic mass is 10.4. The van der Waals surface area contributed by atoms with Crippen molar-refractivity contribution < 1.29 is 23.1 Å². The molecule has 0 aromatic carbocycles. The Morgan fingerprint density at radius 1 is 1.53 bits per heavy atom. The van der Waals surface area contributed by atoms with Crippen molar-refractivity contribution >= 4 is 17.8 Å². The number of aryl methyl sites for hydroxylation is 1. The second kappa shape index (κ2) is 4.88. The van der Waals surface area contributed by atoms with Gasteiger partial charge >= 0.3 is 12.0 Å². The van der Waals surface area contributed by atoms with Gasteiger partial charge in [-0.1, -0.05) is 11.6 Å². The third kappa shape index (κ3) is 3.67. The molecule has 0 spiro atoms. The number of ether oxygens (including phenoxy) is 2. The Morgan fingerprint density at radius 2 is 2.20 bits per heavy atom. The molecule has 1 unspecified atom stereocenters. The fourth-order valence-corrected chi connectivity index (χ4v) is 0.870. The van der Waals surface area contributed by atoms with Crippen molar-refractivity contribution in [2.24, 2.45) is 0 Å². The summed E-state index contributed by atoms with van der Waals surface area (Å²) in [5.74, 6) is -0.448. The van der Waals surface area contributed by atoms with Crippen molar-refractivity contribution in [2.75, 3.05) is 0 Å². The monoisotopic (exact) mass is 236 g/mol. The Kier molecular flexibility index (Phi) is 3.79. The van der Waals surface area contributed by atoms with Crippen molar-refractivity contribution in [1.82, 2.24) is 0 Å². The summed E-state index contributed by atoms with van der Waals surface area (Å²) in [6, 6.07) is 0. The Labute approximate surface area is 89.7 Å². The molecule has 0 N–H and O–H groups in total. The van der Waals surface area contributed by atoms with Gasteiger partial charge < -0.3 is 18.3 Å². The second-order valence-corrected chi connectivity index (χ2v) is 3.25. The Bertz CT molecular complexity index is 390. The highest BCUT2D eigenvalue weighted by Gasteiger charge is 2.13. The highest BCUT2D eigenvalue weighted by atomic mass is 35.5. The van der Waals surface area contributed by atoms with Gasteiger partial charge in [0.2, 0.25) is 0 Å². The van der Waals surface area contributed by atoms with Crippen molar-refractivity contribution in [3.8, 4) is 0 Å². The van der Waals surface area contributed by atoms with Crippen LogP contribution in [0.3, 0.4) is 0 Å². The highest BCUT2D eigenvalue weighted by molar-refractivity contribution is 6.19. The smallest absolute Gasteiger partial charge is 0.426 e. The molecular weight excluding hydrogens is 228 g/mol. The van der Waals surface area contributed by atoms with Gasteiger partial charge in [-0.2, -0.15) is 0 Å². The maximum absolute atomic E-state index is 10.9. The first-order valence-corrected chi connectivity index (χ1v) is 4.49. The van der Waals surface area contributed by atoms with E-state index in [0.29, 0.717) is 0 Å². The summed E-state index contributed by atoms with van der Waals surface area (Å²) in [4.78, 5) is 21.5. The van der Waals surface area contributed by atoms with Crippen molar-refractivity contribution in [3.05, 3.63) is 22.1 Å². The molecule has 0 aliphatic carbocycles. The normalized spacial score (nSPS) is 12.2. The molecule has 0 saturated heterocycles. The molecule has 84 valence electrons. The maximum Gasteiger partial charge on any atom is 0.519 e. The number of carbonyl (C=O) groups is 1. The molecule has 0 radical (unpaired) electrons. The molecule has 1 aromatic rings. The number of halogens is 1. The van der Waals surface area contributed by atoms with Gasteiger partial charge in [0.25, 0.3) is 0 Å².